The lowest BCUT2D eigenvalue weighted by molar-refractivity contribution is -0.137. The van der Waals surface area contributed by atoms with Crippen molar-refractivity contribution in [3.05, 3.63) is 0 Å². The van der Waals surface area contributed by atoms with Crippen molar-refractivity contribution in [2.45, 2.75) is 6.42 Å². The average molecular weight is 196 g/mol. The molecule has 0 aliphatic rings. The molecule has 12 heavy (non-hydrogen) atoms. The molecule has 0 atom stereocenters. The van der Waals surface area contributed by atoms with Crippen molar-refractivity contribution in [1.82, 2.24) is 9.03 Å². The van der Waals surface area contributed by atoms with Crippen LogP contribution in [0.15, 0.2) is 0 Å². The molecule has 0 saturated heterocycles. The second kappa shape index (κ2) is 4.39. The van der Waals surface area contributed by atoms with Gasteiger partial charge in [-0.15, -0.1) is 0 Å². The fourth-order valence-corrected chi connectivity index (χ4v) is 1.17. The monoisotopic (exact) mass is 196 g/mol. The molecular weight excluding hydrogens is 184 g/mol. The molecule has 0 fully saturated rings. The number of hydrogen-bond acceptors (Lipinski definition) is 3. The van der Waals surface area contributed by atoms with E-state index in [2.05, 4.69) is 4.72 Å². The predicted molar refractivity (Wildman–Crippen MR) is 42.9 cm³/mol. The molecule has 0 aliphatic heterocycles. The van der Waals surface area contributed by atoms with Gasteiger partial charge in [0.25, 0.3) is 10.2 Å². The van der Waals surface area contributed by atoms with E-state index in [4.69, 9.17) is 5.11 Å². The third-order valence-corrected chi connectivity index (χ3v) is 2.83. The average Bonchev–Trinajstić information content (AvgIpc) is 2.00. The number of hydrogen-bond donors (Lipinski definition) is 2. The van der Waals surface area contributed by atoms with Gasteiger partial charge < -0.3 is 5.11 Å². The largest absolute Gasteiger partial charge is 0.481 e. The molecule has 7 heteroatoms. The topological polar surface area (TPSA) is 86.7 Å². The van der Waals surface area contributed by atoms with Crippen molar-refractivity contribution in [1.29, 1.82) is 0 Å². The molecule has 0 aromatic heterocycles. The predicted octanol–water partition coefficient (Wildman–Crippen LogP) is -1.14. The standard InChI is InChI=1S/C5H12N2O4S/c1-6-12(10,11)7(2)4-3-5(8)9/h6H,3-4H2,1-2H3,(H,8,9). The molecule has 6 nitrogen and oxygen atoms in total. The Hall–Kier alpha value is -0.660. The molecule has 0 radical (unpaired) electrons. The van der Waals surface area contributed by atoms with E-state index in [-0.39, 0.29) is 13.0 Å². The quantitative estimate of drug-likeness (QED) is 0.581. The van der Waals surface area contributed by atoms with Crippen LogP contribution >= 0.6 is 0 Å². The number of carboxylic acids is 1. The van der Waals surface area contributed by atoms with Crippen LogP contribution in [0.2, 0.25) is 0 Å². The SMILES string of the molecule is CNS(=O)(=O)N(C)CCC(=O)O. The first-order valence-corrected chi connectivity index (χ1v) is 4.70. The summed E-state index contributed by atoms with van der Waals surface area (Å²) in [6, 6.07) is 0. The van der Waals surface area contributed by atoms with Gasteiger partial charge in [0.05, 0.1) is 6.42 Å². The van der Waals surface area contributed by atoms with E-state index in [0.717, 1.165) is 4.31 Å². The van der Waals surface area contributed by atoms with Crippen LogP contribution in [0.3, 0.4) is 0 Å². The zero-order valence-electron chi connectivity index (χ0n) is 6.94. The fraction of sp³-hybridized carbons (Fsp3) is 0.800. The lowest BCUT2D eigenvalue weighted by Crippen LogP contribution is -2.37. The molecule has 0 rings (SSSR count). The Morgan fingerprint density at radius 1 is 1.58 bits per heavy atom. The van der Waals surface area contributed by atoms with Gasteiger partial charge >= 0.3 is 5.97 Å². The molecule has 0 bridgehead atoms. The zero-order chi connectivity index (χ0) is 9.78. The van der Waals surface area contributed by atoms with Gasteiger partial charge in [-0.1, -0.05) is 0 Å². The number of carboxylic acid groups (broad SMARTS) is 1. The lowest BCUT2D eigenvalue weighted by Gasteiger charge is -2.14. The van der Waals surface area contributed by atoms with E-state index in [0.29, 0.717) is 0 Å². The summed E-state index contributed by atoms with van der Waals surface area (Å²) in [5.41, 5.74) is 0. The molecule has 0 saturated carbocycles. The second-order valence-corrected chi connectivity index (χ2v) is 4.16. The molecule has 0 unspecified atom stereocenters. The summed E-state index contributed by atoms with van der Waals surface area (Å²) in [5, 5.41) is 8.26. The Kier molecular flexibility index (Phi) is 4.15. The van der Waals surface area contributed by atoms with E-state index in [1.54, 1.807) is 0 Å². The number of nitrogens with one attached hydrogen (secondary N) is 1. The van der Waals surface area contributed by atoms with Gasteiger partial charge in [-0.3, -0.25) is 4.79 Å². The first kappa shape index (κ1) is 11.3. The molecule has 0 aromatic carbocycles. The third-order valence-electron chi connectivity index (χ3n) is 1.31. The van der Waals surface area contributed by atoms with Crippen molar-refractivity contribution in [3.8, 4) is 0 Å². The summed E-state index contributed by atoms with van der Waals surface area (Å²) in [6.07, 6.45) is -0.197. The van der Waals surface area contributed by atoms with Gasteiger partial charge in [-0.25, -0.2) is 4.72 Å². The van der Waals surface area contributed by atoms with Crippen molar-refractivity contribution in [2.75, 3.05) is 20.6 Å². The summed E-state index contributed by atoms with van der Waals surface area (Å²) in [5.74, 6) is -1.02. The summed E-state index contributed by atoms with van der Waals surface area (Å²) in [4.78, 5) is 10.1. The van der Waals surface area contributed by atoms with Crippen molar-refractivity contribution in [3.63, 3.8) is 0 Å². The highest BCUT2D eigenvalue weighted by Crippen LogP contribution is 1.93. The maximum Gasteiger partial charge on any atom is 0.304 e. The Bertz CT molecular complexity index is 248. The highest BCUT2D eigenvalue weighted by Gasteiger charge is 2.15. The summed E-state index contributed by atoms with van der Waals surface area (Å²) in [6.45, 7) is -0.0293. The highest BCUT2D eigenvalue weighted by molar-refractivity contribution is 7.87. The van der Waals surface area contributed by atoms with Crippen LogP contribution in [0.25, 0.3) is 0 Å². The molecule has 0 aliphatic carbocycles. The second-order valence-electron chi connectivity index (χ2n) is 2.17. The summed E-state index contributed by atoms with van der Waals surface area (Å²) < 4.78 is 24.9. The molecule has 0 spiro atoms. The smallest absolute Gasteiger partial charge is 0.304 e. The lowest BCUT2D eigenvalue weighted by atomic mass is 10.4. The molecule has 0 heterocycles. The van der Waals surface area contributed by atoms with Crippen LogP contribution in [0, 0.1) is 0 Å². The minimum Gasteiger partial charge on any atom is -0.481 e. The zero-order valence-corrected chi connectivity index (χ0v) is 7.76. The maximum atomic E-state index is 10.9. The van der Waals surface area contributed by atoms with E-state index in [1.807, 2.05) is 0 Å². The Balaban J connectivity index is 4.05. The first-order chi connectivity index (χ1) is 5.40. The minimum absolute atomic E-state index is 0.0293. The highest BCUT2D eigenvalue weighted by atomic mass is 32.2. The van der Waals surface area contributed by atoms with Crippen LogP contribution in [0.4, 0.5) is 0 Å². The molecular formula is C5H12N2O4S. The summed E-state index contributed by atoms with van der Waals surface area (Å²) in [7, 11) is -0.889. The number of aliphatic carboxylic acids is 1. The van der Waals surface area contributed by atoms with Gasteiger partial charge in [0.1, 0.15) is 0 Å². The molecule has 0 amide bonds. The van der Waals surface area contributed by atoms with E-state index in [9.17, 15) is 13.2 Å². The Morgan fingerprint density at radius 2 is 2.08 bits per heavy atom. The first-order valence-electron chi connectivity index (χ1n) is 3.26. The number of rotatable bonds is 5. The van der Waals surface area contributed by atoms with Crippen molar-refractivity contribution >= 4 is 16.2 Å². The van der Waals surface area contributed by atoms with Gasteiger partial charge in [0.2, 0.25) is 0 Å². The minimum atomic E-state index is -3.47. The van der Waals surface area contributed by atoms with Gasteiger partial charge in [-0.2, -0.15) is 12.7 Å². The van der Waals surface area contributed by atoms with E-state index >= 15 is 0 Å². The Morgan fingerprint density at radius 3 is 2.42 bits per heavy atom. The van der Waals surface area contributed by atoms with Crippen LogP contribution in [0.1, 0.15) is 6.42 Å². The van der Waals surface area contributed by atoms with Crippen LogP contribution in [-0.4, -0.2) is 44.4 Å². The van der Waals surface area contributed by atoms with Crippen LogP contribution in [0.5, 0.6) is 0 Å². The third kappa shape index (κ3) is 3.65. The fourth-order valence-electron chi connectivity index (χ4n) is 0.529. The van der Waals surface area contributed by atoms with E-state index < -0.39 is 16.2 Å². The van der Waals surface area contributed by atoms with Gasteiger partial charge in [-0.05, 0) is 0 Å². The molecule has 0 aromatic rings. The van der Waals surface area contributed by atoms with Gasteiger partial charge in [0, 0.05) is 20.6 Å². The van der Waals surface area contributed by atoms with Crippen LogP contribution in [-0.2, 0) is 15.0 Å². The summed E-state index contributed by atoms with van der Waals surface area (Å²) >= 11 is 0. The van der Waals surface area contributed by atoms with Gasteiger partial charge in [0.15, 0.2) is 0 Å². The van der Waals surface area contributed by atoms with E-state index in [1.165, 1.54) is 14.1 Å². The number of carbonyl (C=O) groups is 1. The number of nitrogens with zero attached hydrogens (tertiary/aromatic N) is 1. The maximum absolute atomic E-state index is 10.9. The van der Waals surface area contributed by atoms with Crippen molar-refractivity contribution in [2.24, 2.45) is 0 Å². The van der Waals surface area contributed by atoms with Crippen molar-refractivity contribution < 1.29 is 18.3 Å². The Labute approximate surface area is 71.4 Å². The molecule has 2 N–H and O–H groups in total. The normalized spacial score (nSPS) is 11.9. The van der Waals surface area contributed by atoms with Crippen LogP contribution < -0.4 is 4.72 Å². The molecule has 72 valence electrons.